The minimum absolute atomic E-state index is 0.0358. The largest absolute Gasteiger partial charge is 0.372 e. The second-order valence-corrected chi connectivity index (χ2v) is 6.53. The molecule has 1 fully saturated rings. The number of amides is 2. The van der Waals surface area contributed by atoms with Gasteiger partial charge in [0.05, 0.1) is 17.9 Å². The monoisotopic (exact) mass is 374 g/mol. The molecule has 0 bridgehead atoms. The molecule has 0 saturated carbocycles. The van der Waals surface area contributed by atoms with Crippen molar-refractivity contribution >= 4 is 17.4 Å². The molecule has 144 valence electrons. The summed E-state index contributed by atoms with van der Waals surface area (Å²) < 4.78 is 20.2. The van der Waals surface area contributed by atoms with Crippen molar-refractivity contribution in [3.05, 3.63) is 54.1 Å². The fourth-order valence-corrected chi connectivity index (χ4v) is 3.04. The van der Waals surface area contributed by atoms with Crippen LogP contribution in [-0.4, -0.2) is 36.3 Å². The third kappa shape index (κ3) is 5.38. The summed E-state index contributed by atoms with van der Waals surface area (Å²) in [5.74, 6) is -0.398. The molecule has 1 aliphatic heterocycles. The molecule has 0 radical (unpaired) electrons. The lowest BCUT2D eigenvalue weighted by Crippen LogP contribution is -2.45. The zero-order valence-electron chi connectivity index (χ0n) is 15.3. The highest BCUT2D eigenvalue weighted by molar-refractivity contribution is 5.88. The van der Waals surface area contributed by atoms with Crippen LogP contribution >= 0.6 is 0 Å². The molecular formula is C19H23FN4O3. The van der Waals surface area contributed by atoms with Gasteiger partial charge in [-0.25, -0.2) is 14.7 Å². The maximum absolute atomic E-state index is 14.5. The molecule has 1 aliphatic rings. The van der Waals surface area contributed by atoms with Gasteiger partial charge < -0.3 is 15.0 Å². The SMILES string of the molecule is C[C@H]1CN(c2ccc(NC(=O)NOCc3cccnc3)cc2F)C[C@H](C)O1. The molecule has 2 aromatic rings. The molecule has 2 N–H and O–H groups in total. The highest BCUT2D eigenvalue weighted by Gasteiger charge is 2.24. The molecule has 27 heavy (non-hydrogen) atoms. The summed E-state index contributed by atoms with van der Waals surface area (Å²) in [5.41, 5.74) is 3.92. The predicted molar refractivity (Wildman–Crippen MR) is 99.8 cm³/mol. The molecule has 1 saturated heterocycles. The van der Waals surface area contributed by atoms with E-state index in [4.69, 9.17) is 9.57 Å². The molecule has 1 aromatic carbocycles. The molecular weight excluding hydrogens is 351 g/mol. The zero-order chi connectivity index (χ0) is 19.2. The van der Waals surface area contributed by atoms with Crippen LogP contribution in [0, 0.1) is 5.82 Å². The summed E-state index contributed by atoms with van der Waals surface area (Å²) in [6.07, 6.45) is 3.36. The number of morpholine rings is 1. The maximum Gasteiger partial charge on any atom is 0.343 e. The highest BCUT2D eigenvalue weighted by Crippen LogP contribution is 2.26. The molecule has 2 heterocycles. The second kappa shape index (κ2) is 8.79. The fourth-order valence-electron chi connectivity index (χ4n) is 3.04. The topological polar surface area (TPSA) is 75.7 Å². The Balaban J connectivity index is 1.53. The number of aromatic nitrogens is 1. The van der Waals surface area contributed by atoms with E-state index in [2.05, 4.69) is 15.8 Å². The van der Waals surface area contributed by atoms with E-state index in [9.17, 15) is 9.18 Å². The van der Waals surface area contributed by atoms with E-state index < -0.39 is 11.8 Å². The number of carbonyl (C=O) groups is 1. The summed E-state index contributed by atoms with van der Waals surface area (Å²) >= 11 is 0. The number of carbonyl (C=O) groups excluding carboxylic acids is 1. The Morgan fingerprint density at radius 3 is 2.78 bits per heavy atom. The fraction of sp³-hybridized carbons (Fsp3) is 0.368. The lowest BCUT2D eigenvalue weighted by molar-refractivity contribution is -0.00539. The molecule has 0 unspecified atom stereocenters. The van der Waals surface area contributed by atoms with Crippen LogP contribution < -0.4 is 15.7 Å². The zero-order valence-corrected chi connectivity index (χ0v) is 15.3. The van der Waals surface area contributed by atoms with Crippen LogP contribution in [0.25, 0.3) is 0 Å². The number of pyridine rings is 1. The lowest BCUT2D eigenvalue weighted by Gasteiger charge is -2.37. The van der Waals surface area contributed by atoms with Gasteiger partial charge in [0.15, 0.2) is 0 Å². The van der Waals surface area contributed by atoms with E-state index in [0.717, 1.165) is 5.56 Å². The smallest absolute Gasteiger partial charge is 0.343 e. The highest BCUT2D eigenvalue weighted by atomic mass is 19.1. The van der Waals surface area contributed by atoms with Gasteiger partial charge in [0.2, 0.25) is 0 Å². The third-order valence-electron chi connectivity index (χ3n) is 4.09. The Morgan fingerprint density at radius 1 is 1.33 bits per heavy atom. The van der Waals surface area contributed by atoms with Crippen LogP contribution in [0.5, 0.6) is 0 Å². The van der Waals surface area contributed by atoms with Crippen LogP contribution in [0.2, 0.25) is 0 Å². The molecule has 0 spiro atoms. The molecule has 2 amide bonds. The summed E-state index contributed by atoms with van der Waals surface area (Å²) in [4.78, 5) is 22.9. The number of nitrogens with one attached hydrogen (secondary N) is 2. The normalized spacial score (nSPS) is 19.6. The first-order valence-electron chi connectivity index (χ1n) is 8.79. The number of urea groups is 1. The quantitative estimate of drug-likeness (QED) is 0.787. The van der Waals surface area contributed by atoms with Crippen molar-refractivity contribution in [2.75, 3.05) is 23.3 Å². The van der Waals surface area contributed by atoms with E-state index in [1.54, 1.807) is 30.6 Å². The molecule has 0 aliphatic carbocycles. The molecule has 8 heteroatoms. The van der Waals surface area contributed by atoms with E-state index >= 15 is 0 Å². The Labute approximate surface area is 157 Å². The number of benzene rings is 1. The summed E-state index contributed by atoms with van der Waals surface area (Å²) in [5, 5.41) is 2.54. The van der Waals surface area contributed by atoms with Crippen LogP contribution in [0.4, 0.5) is 20.6 Å². The van der Waals surface area contributed by atoms with Crippen molar-refractivity contribution in [3.63, 3.8) is 0 Å². The maximum atomic E-state index is 14.5. The van der Waals surface area contributed by atoms with Crippen LogP contribution in [-0.2, 0) is 16.2 Å². The Kier molecular flexibility index (Phi) is 6.20. The van der Waals surface area contributed by atoms with E-state index in [1.165, 1.54) is 6.07 Å². The number of ether oxygens (including phenoxy) is 1. The number of anilines is 2. The van der Waals surface area contributed by atoms with Gasteiger partial charge in [0.1, 0.15) is 12.4 Å². The van der Waals surface area contributed by atoms with Crippen LogP contribution in [0.15, 0.2) is 42.7 Å². The summed E-state index contributed by atoms with van der Waals surface area (Å²) in [6, 6.07) is 7.63. The average Bonchev–Trinajstić information content (AvgIpc) is 2.62. The standard InChI is InChI=1S/C19H23FN4O3/c1-13-10-24(11-14(2)27-13)18-6-5-16(8-17(18)20)22-19(25)23-26-12-15-4-3-7-21-9-15/h3-9,13-14H,10-12H2,1-2H3,(H2,22,23,25)/t13-,14-/m0/s1. The van der Waals surface area contributed by atoms with Gasteiger partial charge in [0.25, 0.3) is 0 Å². The Hall–Kier alpha value is -2.71. The number of halogens is 1. The average molecular weight is 374 g/mol. The first-order chi connectivity index (χ1) is 13.0. The van der Waals surface area contributed by atoms with Gasteiger partial charge in [0, 0.05) is 31.2 Å². The first-order valence-corrected chi connectivity index (χ1v) is 8.79. The minimum Gasteiger partial charge on any atom is -0.372 e. The number of rotatable bonds is 5. The van der Waals surface area contributed by atoms with Gasteiger partial charge in [-0.15, -0.1) is 0 Å². The molecule has 1 aromatic heterocycles. The lowest BCUT2D eigenvalue weighted by atomic mass is 10.2. The number of hydrogen-bond acceptors (Lipinski definition) is 5. The molecule has 2 atom stereocenters. The van der Waals surface area contributed by atoms with Crippen molar-refractivity contribution in [3.8, 4) is 0 Å². The summed E-state index contributed by atoms with van der Waals surface area (Å²) in [7, 11) is 0. The van der Waals surface area contributed by atoms with Crippen LogP contribution in [0.1, 0.15) is 19.4 Å². The van der Waals surface area contributed by atoms with Crippen molar-refractivity contribution < 1.29 is 18.8 Å². The van der Waals surface area contributed by atoms with Gasteiger partial charge >= 0.3 is 6.03 Å². The third-order valence-corrected chi connectivity index (χ3v) is 4.09. The van der Waals surface area contributed by atoms with Gasteiger partial charge in [-0.2, -0.15) is 0 Å². The van der Waals surface area contributed by atoms with Gasteiger partial charge in [-0.3, -0.25) is 9.82 Å². The number of hydroxylamine groups is 1. The van der Waals surface area contributed by atoms with Gasteiger partial charge in [-0.05, 0) is 43.7 Å². The van der Waals surface area contributed by atoms with Crippen molar-refractivity contribution in [1.29, 1.82) is 0 Å². The number of hydrogen-bond donors (Lipinski definition) is 2. The van der Waals surface area contributed by atoms with Crippen LogP contribution in [0.3, 0.4) is 0 Å². The van der Waals surface area contributed by atoms with E-state index in [-0.39, 0.29) is 18.8 Å². The Bertz CT molecular complexity index is 765. The predicted octanol–water partition coefficient (Wildman–Crippen LogP) is 3.09. The molecule has 7 nitrogen and oxygen atoms in total. The molecule has 3 rings (SSSR count). The van der Waals surface area contributed by atoms with E-state index in [0.29, 0.717) is 24.5 Å². The number of nitrogens with zero attached hydrogens (tertiary/aromatic N) is 2. The van der Waals surface area contributed by atoms with Crippen molar-refractivity contribution in [2.45, 2.75) is 32.7 Å². The summed E-state index contributed by atoms with van der Waals surface area (Å²) in [6.45, 7) is 5.36. The minimum atomic E-state index is -0.584. The van der Waals surface area contributed by atoms with Crippen molar-refractivity contribution in [1.82, 2.24) is 10.5 Å². The second-order valence-electron chi connectivity index (χ2n) is 6.53. The first kappa shape index (κ1) is 19.1. The Morgan fingerprint density at radius 2 is 2.11 bits per heavy atom. The van der Waals surface area contributed by atoms with Crippen molar-refractivity contribution in [2.24, 2.45) is 0 Å². The van der Waals surface area contributed by atoms with Gasteiger partial charge in [-0.1, -0.05) is 6.07 Å². The van der Waals surface area contributed by atoms with E-state index in [1.807, 2.05) is 24.8 Å².